The van der Waals surface area contributed by atoms with Gasteiger partial charge in [-0.1, -0.05) is 60.7 Å². The number of carbonyl (C=O) groups is 2. The summed E-state index contributed by atoms with van der Waals surface area (Å²) in [5.41, 5.74) is 2.16. The fourth-order valence-corrected chi connectivity index (χ4v) is 4.26. The first-order valence-electron chi connectivity index (χ1n) is 9.25. The van der Waals surface area contributed by atoms with Crippen LogP contribution in [-0.4, -0.2) is 28.7 Å². The van der Waals surface area contributed by atoms with E-state index in [0.717, 1.165) is 24.9 Å². The van der Waals surface area contributed by atoms with Gasteiger partial charge in [0.2, 0.25) is 0 Å². The molecule has 2 aliphatic rings. The number of hydrogen-bond donors (Lipinski definition) is 0. The zero-order chi connectivity index (χ0) is 17.9. The fraction of sp³-hybridized carbons (Fsp3) is 0.364. The molecule has 3 atom stereocenters. The summed E-state index contributed by atoms with van der Waals surface area (Å²) in [6, 6.07) is 20.1. The minimum atomic E-state index is -0.652. The predicted molar refractivity (Wildman–Crippen MR) is 98.1 cm³/mol. The zero-order valence-corrected chi connectivity index (χ0v) is 14.7. The maximum Gasteiger partial charge on any atom is 0.318 e. The van der Waals surface area contributed by atoms with Gasteiger partial charge in [-0.05, 0) is 24.0 Å². The molecule has 4 rings (SSSR count). The fourth-order valence-electron chi connectivity index (χ4n) is 4.26. The minimum Gasteiger partial charge on any atom is -0.460 e. The van der Waals surface area contributed by atoms with E-state index in [-0.39, 0.29) is 30.4 Å². The Labute approximate surface area is 153 Å². The molecule has 0 radical (unpaired) electrons. The number of hydrogen-bond acceptors (Lipinski definition) is 4. The zero-order valence-electron chi connectivity index (χ0n) is 14.7. The van der Waals surface area contributed by atoms with Gasteiger partial charge < -0.3 is 4.74 Å². The van der Waals surface area contributed by atoms with Crippen LogP contribution in [0, 0.1) is 5.92 Å². The molecule has 1 unspecified atom stereocenters. The van der Waals surface area contributed by atoms with Gasteiger partial charge in [-0.3, -0.25) is 14.5 Å². The molecule has 2 bridgehead atoms. The van der Waals surface area contributed by atoms with Crippen molar-refractivity contribution >= 4 is 11.8 Å². The normalized spacial score (nSPS) is 25.2. The first-order chi connectivity index (χ1) is 12.7. The summed E-state index contributed by atoms with van der Waals surface area (Å²) in [6.07, 6.45) is 2.31. The van der Waals surface area contributed by atoms with Crippen molar-refractivity contribution in [3.8, 4) is 0 Å². The van der Waals surface area contributed by atoms with E-state index in [0.29, 0.717) is 6.42 Å². The van der Waals surface area contributed by atoms with Crippen molar-refractivity contribution in [1.82, 2.24) is 4.90 Å². The molecular weight excluding hydrogens is 326 g/mol. The van der Waals surface area contributed by atoms with Crippen molar-refractivity contribution in [2.24, 2.45) is 5.92 Å². The van der Waals surface area contributed by atoms with E-state index in [1.165, 1.54) is 5.56 Å². The quantitative estimate of drug-likeness (QED) is 0.613. The Kier molecular flexibility index (Phi) is 4.85. The Hall–Kier alpha value is -2.46. The lowest BCUT2D eigenvalue weighted by Crippen LogP contribution is -2.51. The first kappa shape index (κ1) is 17.0. The molecule has 0 aromatic heterocycles. The number of ketones is 1. The van der Waals surface area contributed by atoms with Crippen LogP contribution in [0.25, 0.3) is 0 Å². The molecule has 134 valence electrons. The number of ether oxygens (including phenoxy) is 1. The van der Waals surface area contributed by atoms with Gasteiger partial charge in [0, 0.05) is 25.0 Å². The molecule has 2 fully saturated rings. The topological polar surface area (TPSA) is 46.6 Å². The number of nitrogens with zero attached hydrogens (tertiary/aromatic N) is 1. The van der Waals surface area contributed by atoms with Crippen LogP contribution in [0.3, 0.4) is 0 Å². The van der Waals surface area contributed by atoms with Crippen molar-refractivity contribution in [3.05, 3.63) is 71.8 Å². The van der Waals surface area contributed by atoms with E-state index >= 15 is 0 Å². The van der Waals surface area contributed by atoms with Gasteiger partial charge in [0.1, 0.15) is 18.3 Å². The highest BCUT2D eigenvalue weighted by Crippen LogP contribution is 2.39. The summed E-state index contributed by atoms with van der Waals surface area (Å²) >= 11 is 0. The van der Waals surface area contributed by atoms with E-state index < -0.39 is 5.92 Å². The average Bonchev–Trinajstić information content (AvgIpc) is 2.94. The van der Waals surface area contributed by atoms with Gasteiger partial charge in [-0.2, -0.15) is 0 Å². The Morgan fingerprint density at radius 2 is 1.62 bits per heavy atom. The van der Waals surface area contributed by atoms with Gasteiger partial charge in [0.05, 0.1) is 0 Å². The Bertz CT molecular complexity index is 774. The summed E-state index contributed by atoms with van der Waals surface area (Å²) in [5.74, 6) is -0.983. The maximum atomic E-state index is 12.7. The standard InChI is InChI=1S/C22H23NO3/c24-20-13-18-11-12-19(23(18)14-16-7-3-1-4-8-16)21(20)22(25)26-15-17-9-5-2-6-10-17/h1-10,18-19,21H,11-15H2/t18-,19+,21?/m0/s1. The minimum absolute atomic E-state index is 0.0373. The van der Waals surface area contributed by atoms with Crippen molar-refractivity contribution in [3.63, 3.8) is 0 Å². The second-order valence-electron chi connectivity index (χ2n) is 7.20. The Balaban J connectivity index is 1.46. The van der Waals surface area contributed by atoms with Gasteiger partial charge in [0.15, 0.2) is 0 Å². The Morgan fingerprint density at radius 3 is 2.31 bits per heavy atom. The second kappa shape index (κ2) is 7.42. The molecule has 2 aliphatic heterocycles. The summed E-state index contributed by atoms with van der Waals surface area (Å²) in [7, 11) is 0. The molecule has 4 nitrogen and oxygen atoms in total. The van der Waals surface area contributed by atoms with Gasteiger partial charge >= 0.3 is 5.97 Å². The predicted octanol–water partition coefficient (Wildman–Crippen LogP) is 3.35. The van der Waals surface area contributed by atoms with Crippen LogP contribution in [0.2, 0.25) is 0 Å². The molecule has 0 spiro atoms. The monoisotopic (exact) mass is 349 g/mol. The molecule has 26 heavy (non-hydrogen) atoms. The highest BCUT2D eigenvalue weighted by Gasteiger charge is 2.50. The van der Waals surface area contributed by atoms with Gasteiger partial charge in [-0.25, -0.2) is 0 Å². The molecule has 0 aliphatic carbocycles. The van der Waals surface area contributed by atoms with E-state index in [4.69, 9.17) is 4.74 Å². The van der Waals surface area contributed by atoms with E-state index in [9.17, 15) is 9.59 Å². The molecule has 2 aromatic carbocycles. The summed E-state index contributed by atoms with van der Waals surface area (Å²) in [5, 5.41) is 0. The van der Waals surface area contributed by atoms with Gasteiger partial charge in [0.25, 0.3) is 0 Å². The number of fused-ring (bicyclic) bond motifs is 2. The highest BCUT2D eigenvalue weighted by atomic mass is 16.5. The summed E-state index contributed by atoms with van der Waals surface area (Å²) in [4.78, 5) is 27.6. The SMILES string of the molecule is O=C1C[C@@H]2CC[C@H](C1C(=O)OCc1ccccc1)N2Cc1ccccc1. The maximum absolute atomic E-state index is 12.7. The smallest absolute Gasteiger partial charge is 0.318 e. The molecule has 2 saturated heterocycles. The third-order valence-corrected chi connectivity index (χ3v) is 5.54. The van der Waals surface area contributed by atoms with Crippen LogP contribution in [0.4, 0.5) is 0 Å². The van der Waals surface area contributed by atoms with E-state index in [1.54, 1.807) is 0 Å². The first-order valence-corrected chi connectivity index (χ1v) is 9.25. The van der Waals surface area contributed by atoms with Crippen molar-refractivity contribution in [2.75, 3.05) is 0 Å². The molecule has 2 heterocycles. The van der Waals surface area contributed by atoms with Crippen LogP contribution >= 0.6 is 0 Å². The Morgan fingerprint density at radius 1 is 0.962 bits per heavy atom. The lowest BCUT2D eigenvalue weighted by atomic mass is 9.88. The van der Waals surface area contributed by atoms with E-state index in [1.807, 2.05) is 48.5 Å². The summed E-state index contributed by atoms with van der Waals surface area (Å²) < 4.78 is 5.50. The number of Topliss-reactive ketones (excluding diaryl/α,β-unsaturated/α-hetero) is 1. The van der Waals surface area contributed by atoms with Crippen molar-refractivity contribution < 1.29 is 14.3 Å². The van der Waals surface area contributed by atoms with Crippen LogP contribution in [-0.2, 0) is 27.5 Å². The van der Waals surface area contributed by atoms with Crippen LogP contribution < -0.4 is 0 Å². The van der Waals surface area contributed by atoms with E-state index in [2.05, 4.69) is 17.0 Å². The van der Waals surface area contributed by atoms with Crippen molar-refractivity contribution in [2.45, 2.75) is 44.5 Å². The van der Waals surface area contributed by atoms with Crippen LogP contribution in [0.5, 0.6) is 0 Å². The summed E-state index contributed by atoms with van der Waals surface area (Å²) in [6.45, 7) is 1.00. The number of rotatable bonds is 5. The number of carbonyl (C=O) groups excluding carboxylic acids is 2. The van der Waals surface area contributed by atoms with Crippen molar-refractivity contribution in [1.29, 1.82) is 0 Å². The highest BCUT2D eigenvalue weighted by molar-refractivity contribution is 6.01. The number of esters is 1. The molecular formula is C22H23NO3. The number of piperidine rings is 1. The molecule has 0 N–H and O–H groups in total. The van der Waals surface area contributed by atoms with Gasteiger partial charge in [-0.15, -0.1) is 0 Å². The lowest BCUT2D eigenvalue weighted by molar-refractivity contribution is -0.158. The molecule has 4 heteroatoms. The largest absolute Gasteiger partial charge is 0.460 e. The molecule has 2 aromatic rings. The molecule has 0 saturated carbocycles. The van der Waals surface area contributed by atoms with Crippen LogP contribution in [0.15, 0.2) is 60.7 Å². The average molecular weight is 349 g/mol. The lowest BCUT2D eigenvalue weighted by Gasteiger charge is -2.38. The molecule has 0 amide bonds. The third-order valence-electron chi connectivity index (χ3n) is 5.54. The second-order valence-corrected chi connectivity index (χ2v) is 7.20. The number of benzene rings is 2. The van der Waals surface area contributed by atoms with Crippen LogP contribution in [0.1, 0.15) is 30.4 Å². The third kappa shape index (κ3) is 3.42.